The van der Waals surface area contributed by atoms with Crippen molar-refractivity contribution in [1.29, 1.82) is 0 Å². The van der Waals surface area contributed by atoms with Gasteiger partial charge in [-0.05, 0) is 19.4 Å². The van der Waals surface area contributed by atoms with Crippen molar-refractivity contribution in [3.8, 4) is 0 Å². The monoisotopic (exact) mass is 178 g/mol. The van der Waals surface area contributed by atoms with E-state index in [1.807, 2.05) is 0 Å². The van der Waals surface area contributed by atoms with Crippen molar-refractivity contribution in [1.82, 2.24) is 10.3 Å². The fraction of sp³-hybridized carbons (Fsp3) is 0.500. The second-order valence-electron chi connectivity index (χ2n) is 3.52. The van der Waals surface area contributed by atoms with Crippen LogP contribution < -0.4 is 10.7 Å². The summed E-state index contributed by atoms with van der Waals surface area (Å²) in [6, 6.07) is 3.26. The van der Waals surface area contributed by atoms with Gasteiger partial charge in [0, 0.05) is 36.5 Å². The summed E-state index contributed by atoms with van der Waals surface area (Å²) in [6.07, 6.45) is 4.10. The van der Waals surface area contributed by atoms with Crippen molar-refractivity contribution >= 4 is 0 Å². The van der Waals surface area contributed by atoms with Gasteiger partial charge in [-0.3, -0.25) is 4.79 Å². The van der Waals surface area contributed by atoms with Gasteiger partial charge in [-0.25, -0.2) is 0 Å². The lowest BCUT2D eigenvalue weighted by atomic mass is 9.96. The Bertz CT molecular complexity index is 326. The number of nitrogens with one attached hydrogen (secondary N) is 2. The Hall–Kier alpha value is -1.09. The lowest BCUT2D eigenvalue weighted by Gasteiger charge is -2.22. The molecule has 1 saturated heterocycles. The lowest BCUT2D eigenvalue weighted by Crippen LogP contribution is -2.29. The topological polar surface area (TPSA) is 44.9 Å². The van der Waals surface area contributed by atoms with E-state index in [0.717, 1.165) is 18.8 Å². The van der Waals surface area contributed by atoms with Gasteiger partial charge in [0.25, 0.3) is 0 Å². The molecule has 0 aliphatic carbocycles. The molecular weight excluding hydrogens is 164 g/mol. The Kier molecular flexibility index (Phi) is 2.45. The van der Waals surface area contributed by atoms with Crippen LogP contribution in [0.4, 0.5) is 0 Å². The fourth-order valence-electron chi connectivity index (χ4n) is 1.82. The molecule has 70 valence electrons. The van der Waals surface area contributed by atoms with Crippen LogP contribution in [0.15, 0.2) is 23.1 Å². The normalized spacial score (nSPS) is 22.9. The number of H-pyrrole nitrogens is 1. The number of aromatic nitrogens is 1. The van der Waals surface area contributed by atoms with Crippen molar-refractivity contribution in [2.75, 3.05) is 13.1 Å². The molecule has 3 heteroatoms. The molecule has 2 N–H and O–H groups in total. The third kappa shape index (κ3) is 1.98. The first-order valence-corrected chi connectivity index (χ1v) is 4.75. The highest BCUT2D eigenvalue weighted by molar-refractivity contribution is 5.10. The van der Waals surface area contributed by atoms with Crippen LogP contribution in [-0.2, 0) is 0 Å². The van der Waals surface area contributed by atoms with E-state index in [2.05, 4.69) is 10.3 Å². The summed E-state index contributed by atoms with van der Waals surface area (Å²) in [5.41, 5.74) is 1.17. The minimum Gasteiger partial charge on any atom is -0.364 e. The van der Waals surface area contributed by atoms with Gasteiger partial charge in [-0.2, -0.15) is 0 Å². The van der Waals surface area contributed by atoms with E-state index in [1.165, 1.54) is 12.8 Å². The molecule has 2 heterocycles. The van der Waals surface area contributed by atoms with Gasteiger partial charge in [0.1, 0.15) is 0 Å². The first-order valence-electron chi connectivity index (χ1n) is 4.75. The number of piperidine rings is 1. The van der Waals surface area contributed by atoms with Gasteiger partial charge in [0.2, 0.25) is 0 Å². The van der Waals surface area contributed by atoms with Crippen molar-refractivity contribution < 1.29 is 0 Å². The predicted octanol–water partition coefficient (Wildman–Crippen LogP) is 0.842. The smallest absolute Gasteiger partial charge is 0.181 e. The maximum atomic E-state index is 11.1. The van der Waals surface area contributed by atoms with Crippen LogP contribution in [0.1, 0.15) is 24.5 Å². The van der Waals surface area contributed by atoms with Crippen molar-refractivity contribution in [3.05, 3.63) is 34.2 Å². The van der Waals surface area contributed by atoms with Crippen LogP contribution in [0, 0.1) is 0 Å². The van der Waals surface area contributed by atoms with E-state index in [4.69, 9.17) is 0 Å². The third-order valence-electron chi connectivity index (χ3n) is 2.53. The Morgan fingerprint density at radius 1 is 1.46 bits per heavy atom. The standard InChI is InChI=1S/C10H14N2O/c13-9-3-5-12-10(6-9)8-2-1-4-11-7-8/h3,5-6,8,11H,1-2,4,7H2,(H,12,13). The minimum absolute atomic E-state index is 0.0966. The Morgan fingerprint density at radius 3 is 3.08 bits per heavy atom. The van der Waals surface area contributed by atoms with E-state index in [0.29, 0.717) is 5.92 Å². The zero-order valence-corrected chi connectivity index (χ0v) is 7.55. The van der Waals surface area contributed by atoms with Gasteiger partial charge in [0.05, 0.1) is 0 Å². The third-order valence-corrected chi connectivity index (χ3v) is 2.53. The number of aromatic amines is 1. The molecule has 0 spiro atoms. The van der Waals surface area contributed by atoms with Crippen molar-refractivity contribution in [2.24, 2.45) is 0 Å². The largest absolute Gasteiger partial charge is 0.364 e. The zero-order valence-electron chi connectivity index (χ0n) is 7.55. The molecule has 1 aliphatic heterocycles. The molecule has 1 unspecified atom stereocenters. The second kappa shape index (κ2) is 3.75. The van der Waals surface area contributed by atoms with Gasteiger partial charge in [0.15, 0.2) is 5.43 Å². The van der Waals surface area contributed by atoms with Gasteiger partial charge >= 0.3 is 0 Å². The van der Waals surface area contributed by atoms with E-state index in [9.17, 15) is 4.79 Å². The SMILES string of the molecule is O=c1cc[nH]c(C2CCCNC2)c1. The molecular formula is C10H14N2O. The molecule has 1 aromatic heterocycles. The first-order chi connectivity index (χ1) is 6.36. The molecule has 0 aromatic carbocycles. The van der Waals surface area contributed by atoms with Crippen molar-refractivity contribution in [2.45, 2.75) is 18.8 Å². The summed E-state index contributed by atoms with van der Waals surface area (Å²) in [4.78, 5) is 14.2. The molecule has 1 atom stereocenters. The van der Waals surface area contributed by atoms with E-state index in [-0.39, 0.29) is 5.43 Å². The Morgan fingerprint density at radius 2 is 2.38 bits per heavy atom. The van der Waals surface area contributed by atoms with Crippen LogP contribution in [0.3, 0.4) is 0 Å². The van der Waals surface area contributed by atoms with E-state index in [1.54, 1.807) is 18.3 Å². The molecule has 3 nitrogen and oxygen atoms in total. The average molecular weight is 178 g/mol. The molecule has 0 bridgehead atoms. The van der Waals surface area contributed by atoms with Gasteiger partial charge in [-0.1, -0.05) is 0 Å². The highest BCUT2D eigenvalue weighted by Crippen LogP contribution is 2.19. The van der Waals surface area contributed by atoms with Gasteiger partial charge < -0.3 is 10.3 Å². The molecule has 0 amide bonds. The summed E-state index contributed by atoms with van der Waals surface area (Å²) >= 11 is 0. The van der Waals surface area contributed by atoms with Crippen molar-refractivity contribution in [3.63, 3.8) is 0 Å². The molecule has 1 aliphatic rings. The quantitative estimate of drug-likeness (QED) is 0.669. The number of rotatable bonds is 1. The summed E-state index contributed by atoms with van der Waals surface area (Å²) in [6.45, 7) is 2.09. The Labute approximate surface area is 77.2 Å². The fourth-order valence-corrected chi connectivity index (χ4v) is 1.82. The number of hydrogen-bond donors (Lipinski definition) is 2. The molecule has 13 heavy (non-hydrogen) atoms. The molecule has 0 saturated carbocycles. The van der Waals surface area contributed by atoms with Crippen LogP contribution in [0.2, 0.25) is 0 Å². The van der Waals surface area contributed by atoms with E-state index < -0.39 is 0 Å². The van der Waals surface area contributed by atoms with Gasteiger partial charge in [-0.15, -0.1) is 0 Å². The Balaban J connectivity index is 2.19. The second-order valence-corrected chi connectivity index (χ2v) is 3.52. The van der Waals surface area contributed by atoms with Crippen LogP contribution in [0.5, 0.6) is 0 Å². The van der Waals surface area contributed by atoms with Crippen LogP contribution in [0.25, 0.3) is 0 Å². The number of hydrogen-bond acceptors (Lipinski definition) is 2. The summed E-state index contributed by atoms with van der Waals surface area (Å²) in [5, 5.41) is 3.33. The lowest BCUT2D eigenvalue weighted by molar-refractivity contribution is 0.454. The number of pyridine rings is 1. The van der Waals surface area contributed by atoms with E-state index >= 15 is 0 Å². The summed E-state index contributed by atoms with van der Waals surface area (Å²) in [7, 11) is 0. The average Bonchev–Trinajstić information content (AvgIpc) is 2.19. The van der Waals surface area contributed by atoms with Crippen LogP contribution in [-0.4, -0.2) is 18.1 Å². The minimum atomic E-state index is 0.0966. The summed E-state index contributed by atoms with van der Waals surface area (Å²) in [5.74, 6) is 0.489. The first kappa shape index (κ1) is 8.51. The zero-order chi connectivity index (χ0) is 9.10. The molecule has 0 radical (unpaired) electrons. The highest BCUT2D eigenvalue weighted by Gasteiger charge is 2.15. The molecule has 1 fully saturated rings. The highest BCUT2D eigenvalue weighted by atomic mass is 16.1. The predicted molar refractivity (Wildman–Crippen MR) is 51.9 cm³/mol. The molecule has 2 rings (SSSR count). The van der Waals surface area contributed by atoms with Crippen LogP contribution >= 0.6 is 0 Å². The maximum absolute atomic E-state index is 11.1. The maximum Gasteiger partial charge on any atom is 0.181 e. The molecule has 1 aromatic rings. The summed E-state index contributed by atoms with van der Waals surface area (Å²) < 4.78 is 0.